The van der Waals surface area contributed by atoms with Gasteiger partial charge in [0.2, 0.25) is 0 Å². The first kappa shape index (κ1) is 34.6. The molecule has 4 aromatic carbocycles. The second-order valence-electron chi connectivity index (χ2n) is 16.2. The Labute approximate surface area is 332 Å². The van der Waals surface area contributed by atoms with Gasteiger partial charge in [-0.15, -0.1) is 0 Å². The summed E-state index contributed by atoms with van der Waals surface area (Å²) in [5.41, 5.74) is 16.1. The molecular weight excluding hydrogens is 677 g/mol. The summed E-state index contributed by atoms with van der Waals surface area (Å²) >= 11 is 0. The minimum absolute atomic E-state index is 0.244. The normalized spacial score (nSPS) is 21.2. The number of hydrogen-bond acceptors (Lipinski definition) is 1. The number of anilines is 1. The summed E-state index contributed by atoms with van der Waals surface area (Å²) in [6.45, 7) is 6.84. The molecule has 0 spiro atoms. The molecule has 0 saturated heterocycles. The van der Waals surface area contributed by atoms with E-state index in [1.54, 1.807) is 0 Å². The summed E-state index contributed by atoms with van der Waals surface area (Å²) in [6, 6.07) is 25.8. The van der Waals surface area contributed by atoms with Crippen molar-refractivity contribution in [3.8, 4) is 11.1 Å². The largest absolute Gasteiger partial charge is 0.327 e. The number of allylic oxidation sites excluding steroid dienone is 15. The fourth-order valence-corrected chi connectivity index (χ4v) is 9.73. The highest BCUT2D eigenvalue weighted by Crippen LogP contribution is 2.44. The van der Waals surface area contributed by atoms with E-state index >= 15 is 0 Å². The van der Waals surface area contributed by atoms with Crippen molar-refractivity contribution in [1.29, 1.82) is 0 Å². The lowest BCUT2D eigenvalue weighted by Crippen LogP contribution is -2.25. The third-order valence-corrected chi connectivity index (χ3v) is 12.9. The van der Waals surface area contributed by atoms with Crippen molar-refractivity contribution >= 4 is 39.5 Å². The molecule has 0 saturated carbocycles. The fourth-order valence-electron chi connectivity index (χ4n) is 9.73. The molecule has 2 bridgehead atoms. The monoisotopic (exact) mass is 726 g/mol. The smallest absolute Gasteiger partial charge is 0.0499 e. The molecule has 3 atom stereocenters. The summed E-state index contributed by atoms with van der Waals surface area (Å²) in [7, 11) is 0. The Morgan fingerprint density at radius 2 is 1.71 bits per heavy atom. The molecule has 2 aliphatic heterocycles. The molecule has 56 heavy (non-hydrogen) atoms. The van der Waals surface area contributed by atoms with Crippen molar-refractivity contribution < 1.29 is 0 Å². The molecule has 0 N–H and O–H groups in total. The molecule has 5 aliphatic rings. The molecule has 0 fully saturated rings. The Hall–Kier alpha value is -5.86. The lowest BCUT2D eigenvalue weighted by molar-refractivity contribution is 0.597. The van der Waals surface area contributed by atoms with Gasteiger partial charge >= 0.3 is 0 Å². The molecule has 0 amide bonds. The van der Waals surface area contributed by atoms with Crippen molar-refractivity contribution in [3.63, 3.8) is 0 Å². The topological polar surface area (TPSA) is 8.17 Å². The van der Waals surface area contributed by atoms with Gasteiger partial charge in [-0.05, 0) is 154 Å². The minimum atomic E-state index is 0.244. The first-order valence-corrected chi connectivity index (χ1v) is 20.9. The van der Waals surface area contributed by atoms with E-state index in [4.69, 9.17) is 0 Å². The second-order valence-corrected chi connectivity index (χ2v) is 16.2. The van der Waals surface area contributed by atoms with Crippen LogP contribution in [-0.4, -0.2) is 4.57 Å². The number of rotatable bonds is 7. The lowest BCUT2D eigenvalue weighted by atomic mass is 9.83. The van der Waals surface area contributed by atoms with Crippen LogP contribution < -0.4 is 4.90 Å². The molecule has 5 aromatic rings. The molecule has 3 heterocycles. The maximum Gasteiger partial charge on any atom is 0.0499 e. The highest BCUT2D eigenvalue weighted by Gasteiger charge is 2.28. The zero-order valence-corrected chi connectivity index (χ0v) is 32.9. The third-order valence-electron chi connectivity index (χ3n) is 12.9. The van der Waals surface area contributed by atoms with Crippen molar-refractivity contribution in [1.82, 2.24) is 4.57 Å². The van der Waals surface area contributed by atoms with Gasteiger partial charge in [-0.25, -0.2) is 0 Å². The number of nitrogens with zero attached hydrogens (tertiary/aromatic N) is 2. The summed E-state index contributed by atoms with van der Waals surface area (Å²) in [5, 5.41) is 5.54. The molecular formula is C54H50N2. The molecule has 10 rings (SSSR count). The molecule has 2 nitrogen and oxygen atoms in total. The van der Waals surface area contributed by atoms with Crippen LogP contribution in [0.2, 0.25) is 0 Å². The summed E-state index contributed by atoms with van der Waals surface area (Å²) in [5.74, 6) is 1.22. The van der Waals surface area contributed by atoms with Crippen LogP contribution in [-0.2, 0) is 12.8 Å². The fraction of sp³-hybridized carbons (Fsp3) is 0.222. The number of aromatic nitrogens is 1. The first-order valence-electron chi connectivity index (χ1n) is 20.9. The van der Waals surface area contributed by atoms with Gasteiger partial charge in [-0.3, -0.25) is 0 Å². The maximum absolute atomic E-state index is 2.50. The Balaban J connectivity index is 0.966. The van der Waals surface area contributed by atoms with Gasteiger partial charge in [0, 0.05) is 52.6 Å². The minimum Gasteiger partial charge on any atom is -0.327 e. The first-order chi connectivity index (χ1) is 27.6. The van der Waals surface area contributed by atoms with Gasteiger partial charge in [0.15, 0.2) is 0 Å². The van der Waals surface area contributed by atoms with Crippen molar-refractivity contribution in [2.75, 3.05) is 4.90 Å². The van der Waals surface area contributed by atoms with E-state index in [0.717, 1.165) is 32.1 Å². The van der Waals surface area contributed by atoms with Crippen molar-refractivity contribution in [3.05, 3.63) is 196 Å². The number of aryl methyl sites for hydroxylation is 1. The van der Waals surface area contributed by atoms with Gasteiger partial charge in [0.05, 0.1) is 0 Å². The Morgan fingerprint density at radius 3 is 2.61 bits per heavy atom. The number of fused-ring (bicyclic) bond motifs is 10. The van der Waals surface area contributed by atoms with Crippen LogP contribution in [0.3, 0.4) is 0 Å². The van der Waals surface area contributed by atoms with Gasteiger partial charge in [0.1, 0.15) is 0 Å². The van der Waals surface area contributed by atoms with Crippen molar-refractivity contribution in [2.45, 2.75) is 71.1 Å². The quantitative estimate of drug-likeness (QED) is 0.120. The Bertz CT molecular complexity index is 2690. The van der Waals surface area contributed by atoms with Gasteiger partial charge < -0.3 is 9.47 Å². The highest BCUT2D eigenvalue weighted by molar-refractivity contribution is 6.13. The van der Waals surface area contributed by atoms with Crippen LogP contribution in [0.25, 0.3) is 44.9 Å². The van der Waals surface area contributed by atoms with Crippen LogP contribution in [0, 0.1) is 5.92 Å². The molecule has 3 unspecified atom stereocenters. The maximum atomic E-state index is 2.50. The van der Waals surface area contributed by atoms with Gasteiger partial charge in [-0.2, -0.15) is 0 Å². The van der Waals surface area contributed by atoms with E-state index in [9.17, 15) is 0 Å². The van der Waals surface area contributed by atoms with Crippen LogP contribution in [0.15, 0.2) is 168 Å². The standard InChI is InChI=1S/C54H50N2/c1-4-37-27-28-55-35-43(32-46(55)29-37)41-23-26-54-52(33-41)42-13-6-7-16-45(31-42)56(54)44(5-2)24-21-36(3)38-14-12-15-39(30-38)40-22-25-51-49-19-9-8-17-47(49)48-18-10-11-20-50(48)53(51)34-40/h6-8,10-14,16-18,20-28,30-35,37,39,42H,4-5,9,15,19,29H2,1-3H3/b36-21+,44-24+. The SMILES string of the molecule is CC/C(=C\C=C(/C)C1=CC(c2ccc3c4c(c5ccccc5c3c2)C=CCC4)CC=C1)N1C2=CC(C=CC=C2)c2cc(-c3cc4n(c3)C=CC(CC)C4)ccc21. The van der Waals surface area contributed by atoms with E-state index in [-0.39, 0.29) is 5.92 Å². The average molecular weight is 727 g/mol. The average Bonchev–Trinajstić information content (AvgIpc) is 3.57. The predicted molar refractivity (Wildman–Crippen MR) is 240 cm³/mol. The van der Waals surface area contributed by atoms with E-state index < -0.39 is 0 Å². The van der Waals surface area contributed by atoms with Crippen LogP contribution in [0.1, 0.15) is 86.2 Å². The van der Waals surface area contributed by atoms with E-state index in [0.29, 0.717) is 11.8 Å². The van der Waals surface area contributed by atoms with E-state index in [1.807, 2.05) is 0 Å². The van der Waals surface area contributed by atoms with Gasteiger partial charge in [0.25, 0.3) is 0 Å². The predicted octanol–water partition coefficient (Wildman–Crippen LogP) is 14.3. The third kappa shape index (κ3) is 6.03. The van der Waals surface area contributed by atoms with E-state index in [2.05, 4.69) is 188 Å². The molecule has 3 aliphatic carbocycles. The zero-order valence-electron chi connectivity index (χ0n) is 32.9. The van der Waals surface area contributed by atoms with E-state index in [1.165, 1.54) is 95.3 Å². The molecule has 0 radical (unpaired) electrons. The van der Waals surface area contributed by atoms with Crippen LogP contribution in [0.4, 0.5) is 5.69 Å². The summed E-state index contributed by atoms with van der Waals surface area (Å²) in [6.07, 6.45) is 41.4. The molecule has 276 valence electrons. The Morgan fingerprint density at radius 1 is 0.804 bits per heavy atom. The zero-order chi connectivity index (χ0) is 37.8. The Kier molecular flexibility index (Phi) is 8.86. The molecule has 2 heteroatoms. The summed E-state index contributed by atoms with van der Waals surface area (Å²) < 4.78 is 2.32. The van der Waals surface area contributed by atoms with Crippen LogP contribution in [0.5, 0.6) is 0 Å². The van der Waals surface area contributed by atoms with Gasteiger partial charge in [-0.1, -0.05) is 117 Å². The molecule has 1 aromatic heterocycles. The second kappa shape index (κ2) is 14.3. The van der Waals surface area contributed by atoms with Crippen molar-refractivity contribution in [2.24, 2.45) is 5.92 Å². The lowest BCUT2D eigenvalue weighted by Gasteiger charge is -2.35. The highest BCUT2D eigenvalue weighted by atomic mass is 15.2. The number of hydrogen-bond donors (Lipinski definition) is 0. The van der Waals surface area contributed by atoms with Crippen LogP contribution >= 0.6 is 0 Å². The summed E-state index contributed by atoms with van der Waals surface area (Å²) in [4.78, 5) is 2.49. The number of benzene rings is 4.